The Morgan fingerprint density at radius 2 is 1.76 bits per heavy atom. The lowest BCUT2D eigenvalue weighted by molar-refractivity contribution is 0.161. The standard InChI is InChI=1S/C17H24ClF2N/c1-11(2)10-17(6-4-5-7-17)16(21-3)12-8-14(19)15(20)9-13(12)18/h8-9,11,16,21H,4-7,10H2,1-3H3. The van der Waals surface area contributed by atoms with Crippen molar-refractivity contribution in [3.05, 3.63) is 34.4 Å². The fourth-order valence-electron chi connectivity index (χ4n) is 4.05. The van der Waals surface area contributed by atoms with Gasteiger partial charge in [-0.2, -0.15) is 0 Å². The second kappa shape index (κ2) is 6.62. The minimum Gasteiger partial charge on any atom is -0.312 e. The molecule has 1 aliphatic carbocycles. The van der Waals surface area contributed by atoms with Gasteiger partial charge in [-0.3, -0.25) is 0 Å². The molecule has 1 aliphatic rings. The molecule has 2 rings (SSSR count). The van der Waals surface area contributed by atoms with Gasteiger partial charge in [-0.15, -0.1) is 0 Å². The maximum atomic E-state index is 13.7. The molecule has 4 heteroatoms. The third-order valence-electron chi connectivity index (χ3n) is 4.67. The number of hydrogen-bond acceptors (Lipinski definition) is 1. The summed E-state index contributed by atoms with van der Waals surface area (Å²) < 4.78 is 27.0. The molecule has 1 unspecified atom stereocenters. The molecule has 0 bridgehead atoms. The molecular weight excluding hydrogens is 292 g/mol. The Labute approximate surface area is 131 Å². The van der Waals surface area contributed by atoms with E-state index in [1.807, 2.05) is 7.05 Å². The molecule has 0 spiro atoms. The highest BCUT2D eigenvalue weighted by atomic mass is 35.5. The maximum Gasteiger partial charge on any atom is 0.160 e. The summed E-state index contributed by atoms with van der Waals surface area (Å²) in [7, 11) is 1.88. The first-order chi connectivity index (χ1) is 9.89. The monoisotopic (exact) mass is 315 g/mol. The van der Waals surface area contributed by atoms with E-state index in [9.17, 15) is 8.78 Å². The zero-order valence-corrected chi connectivity index (χ0v) is 13.7. The van der Waals surface area contributed by atoms with Crippen LogP contribution in [0.5, 0.6) is 0 Å². The average Bonchev–Trinajstić information content (AvgIpc) is 2.84. The molecule has 0 saturated heterocycles. The summed E-state index contributed by atoms with van der Waals surface area (Å²) in [6, 6.07) is 2.32. The molecule has 1 N–H and O–H groups in total. The summed E-state index contributed by atoms with van der Waals surface area (Å²) in [4.78, 5) is 0. The van der Waals surface area contributed by atoms with E-state index in [-0.39, 0.29) is 11.5 Å². The van der Waals surface area contributed by atoms with E-state index in [4.69, 9.17) is 11.6 Å². The summed E-state index contributed by atoms with van der Waals surface area (Å²) in [5, 5.41) is 3.63. The van der Waals surface area contributed by atoms with Crippen molar-refractivity contribution in [1.29, 1.82) is 0 Å². The first kappa shape index (κ1) is 16.7. The van der Waals surface area contributed by atoms with Gasteiger partial charge in [-0.1, -0.05) is 38.3 Å². The van der Waals surface area contributed by atoms with Crippen LogP contribution in [0.4, 0.5) is 8.78 Å². The topological polar surface area (TPSA) is 12.0 Å². The summed E-state index contributed by atoms with van der Waals surface area (Å²) in [6.45, 7) is 4.42. The molecular formula is C17H24ClF2N. The Morgan fingerprint density at radius 3 is 2.29 bits per heavy atom. The lowest BCUT2D eigenvalue weighted by Gasteiger charge is -2.40. The summed E-state index contributed by atoms with van der Waals surface area (Å²) in [5.41, 5.74) is 0.761. The molecule has 118 valence electrons. The normalized spacial score (nSPS) is 19.2. The molecule has 0 heterocycles. The van der Waals surface area contributed by atoms with Gasteiger partial charge in [0.15, 0.2) is 11.6 Å². The van der Waals surface area contributed by atoms with Crippen LogP contribution in [-0.4, -0.2) is 7.05 Å². The first-order valence-corrected chi connectivity index (χ1v) is 8.09. The van der Waals surface area contributed by atoms with Crippen LogP contribution in [0.3, 0.4) is 0 Å². The molecule has 0 aromatic heterocycles. The Balaban J connectivity index is 2.44. The van der Waals surface area contributed by atoms with Crippen molar-refractivity contribution in [3.8, 4) is 0 Å². The van der Waals surface area contributed by atoms with Gasteiger partial charge in [0.05, 0.1) is 0 Å². The van der Waals surface area contributed by atoms with Crippen molar-refractivity contribution in [2.24, 2.45) is 11.3 Å². The van der Waals surface area contributed by atoms with Crippen LogP contribution in [-0.2, 0) is 0 Å². The summed E-state index contributed by atoms with van der Waals surface area (Å²) in [5.74, 6) is -1.15. The van der Waals surface area contributed by atoms with E-state index in [1.54, 1.807) is 0 Å². The van der Waals surface area contributed by atoms with E-state index in [1.165, 1.54) is 18.9 Å². The Morgan fingerprint density at radius 1 is 1.19 bits per heavy atom. The molecule has 1 saturated carbocycles. The molecule has 1 atom stereocenters. The van der Waals surface area contributed by atoms with Gasteiger partial charge in [-0.25, -0.2) is 8.78 Å². The minimum absolute atomic E-state index is 0.0370. The molecule has 1 aromatic rings. The van der Waals surface area contributed by atoms with Crippen LogP contribution >= 0.6 is 11.6 Å². The number of nitrogens with one attached hydrogen (secondary N) is 1. The van der Waals surface area contributed by atoms with E-state index >= 15 is 0 Å². The molecule has 1 aromatic carbocycles. The van der Waals surface area contributed by atoms with E-state index in [2.05, 4.69) is 19.2 Å². The lowest BCUT2D eigenvalue weighted by Crippen LogP contribution is -2.36. The molecule has 0 radical (unpaired) electrons. The van der Waals surface area contributed by atoms with Crippen molar-refractivity contribution < 1.29 is 8.78 Å². The zero-order valence-electron chi connectivity index (χ0n) is 13.0. The highest BCUT2D eigenvalue weighted by molar-refractivity contribution is 6.31. The van der Waals surface area contributed by atoms with Crippen molar-refractivity contribution >= 4 is 11.6 Å². The summed E-state index contributed by atoms with van der Waals surface area (Å²) >= 11 is 6.21. The van der Waals surface area contributed by atoms with Gasteiger partial charge in [0.2, 0.25) is 0 Å². The van der Waals surface area contributed by atoms with Gasteiger partial charge in [-0.05, 0) is 55.3 Å². The fourth-order valence-corrected chi connectivity index (χ4v) is 4.31. The maximum absolute atomic E-state index is 13.7. The third-order valence-corrected chi connectivity index (χ3v) is 4.99. The predicted octanol–water partition coefficient (Wildman–Crippen LogP) is 5.49. The molecule has 1 nitrogen and oxygen atoms in total. The highest BCUT2D eigenvalue weighted by Crippen LogP contribution is 2.52. The predicted molar refractivity (Wildman–Crippen MR) is 83.5 cm³/mol. The molecule has 0 amide bonds. The first-order valence-electron chi connectivity index (χ1n) is 7.71. The molecule has 0 aliphatic heterocycles. The van der Waals surface area contributed by atoms with E-state index < -0.39 is 11.6 Å². The molecule has 21 heavy (non-hydrogen) atoms. The number of halogens is 3. The molecule has 1 fully saturated rings. The van der Waals surface area contributed by atoms with Crippen LogP contribution in [0.2, 0.25) is 5.02 Å². The fraction of sp³-hybridized carbons (Fsp3) is 0.647. The van der Waals surface area contributed by atoms with Crippen molar-refractivity contribution in [2.45, 2.75) is 52.0 Å². The van der Waals surface area contributed by atoms with Crippen molar-refractivity contribution in [1.82, 2.24) is 5.32 Å². The van der Waals surface area contributed by atoms with Crippen LogP contribution in [0, 0.1) is 23.0 Å². The number of rotatable bonds is 5. The average molecular weight is 316 g/mol. The van der Waals surface area contributed by atoms with E-state index in [0.717, 1.165) is 25.3 Å². The Bertz CT molecular complexity index is 496. The number of benzene rings is 1. The van der Waals surface area contributed by atoms with E-state index in [0.29, 0.717) is 16.5 Å². The smallest absolute Gasteiger partial charge is 0.160 e. The van der Waals surface area contributed by atoms with Crippen LogP contribution in [0.15, 0.2) is 12.1 Å². The van der Waals surface area contributed by atoms with Gasteiger partial charge < -0.3 is 5.32 Å². The van der Waals surface area contributed by atoms with Crippen LogP contribution < -0.4 is 5.32 Å². The van der Waals surface area contributed by atoms with Crippen LogP contribution in [0.1, 0.15) is 57.6 Å². The minimum atomic E-state index is -0.886. The van der Waals surface area contributed by atoms with Gasteiger partial charge in [0.25, 0.3) is 0 Å². The second-order valence-electron chi connectivity index (χ2n) is 6.68. The van der Waals surface area contributed by atoms with Crippen molar-refractivity contribution in [2.75, 3.05) is 7.05 Å². The highest BCUT2D eigenvalue weighted by Gasteiger charge is 2.42. The second-order valence-corrected chi connectivity index (χ2v) is 7.08. The van der Waals surface area contributed by atoms with Gasteiger partial charge in [0.1, 0.15) is 0 Å². The van der Waals surface area contributed by atoms with Gasteiger partial charge >= 0.3 is 0 Å². The Kier molecular flexibility index (Phi) is 5.26. The van der Waals surface area contributed by atoms with Gasteiger partial charge in [0, 0.05) is 11.1 Å². The summed E-state index contributed by atoms with van der Waals surface area (Å²) in [6.07, 6.45) is 5.64. The quantitative estimate of drug-likeness (QED) is 0.709. The van der Waals surface area contributed by atoms with Crippen LogP contribution in [0.25, 0.3) is 0 Å². The zero-order chi connectivity index (χ0) is 15.6. The SMILES string of the molecule is CNC(c1cc(F)c(F)cc1Cl)C1(CC(C)C)CCCC1. The lowest BCUT2D eigenvalue weighted by atomic mass is 9.70. The van der Waals surface area contributed by atoms with Crippen molar-refractivity contribution in [3.63, 3.8) is 0 Å². The third kappa shape index (κ3) is 3.40. The largest absolute Gasteiger partial charge is 0.312 e. The number of hydrogen-bond donors (Lipinski definition) is 1. The Hall–Kier alpha value is -0.670.